The van der Waals surface area contributed by atoms with Crippen molar-refractivity contribution in [1.82, 2.24) is 0 Å². The Labute approximate surface area is 80.2 Å². The SMILES string of the molecule is CCCc1ccc(O)c(C(F)(F)F)c1. The molecule has 1 aromatic carbocycles. The number of rotatable bonds is 2. The summed E-state index contributed by atoms with van der Waals surface area (Å²) in [7, 11) is 0. The first-order valence-electron chi connectivity index (χ1n) is 4.34. The van der Waals surface area contributed by atoms with Gasteiger partial charge in [-0.1, -0.05) is 19.4 Å². The average molecular weight is 204 g/mol. The molecule has 0 aliphatic rings. The van der Waals surface area contributed by atoms with Crippen LogP contribution in [-0.2, 0) is 12.6 Å². The van der Waals surface area contributed by atoms with Crippen molar-refractivity contribution in [1.29, 1.82) is 0 Å². The summed E-state index contributed by atoms with van der Waals surface area (Å²) in [6, 6.07) is 3.60. The number of hydrogen-bond donors (Lipinski definition) is 1. The highest BCUT2D eigenvalue weighted by molar-refractivity contribution is 5.38. The predicted octanol–water partition coefficient (Wildman–Crippen LogP) is 3.36. The van der Waals surface area contributed by atoms with E-state index in [1.807, 2.05) is 6.92 Å². The van der Waals surface area contributed by atoms with Crippen LogP contribution in [0.25, 0.3) is 0 Å². The molecule has 0 saturated heterocycles. The van der Waals surface area contributed by atoms with E-state index < -0.39 is 17.5 Å². The van der Waals surface area contributed by atoms with Gasteiger partial charge in [0.1, 0.15) is 5.75 Å². The number of aryl methyl sites for hydroxylation is 1. The summed E-state index contributed by atoms with van der Waals surface area (Å²) in [6.45, 7) is 1.89. The molecule has 1 N–H and O–H groups in total. The van der Waals surface area contributed by atoms with Crippen LogP contribution in [0.3, 0.4) is 0 Å². The van der Waals surface area contributed by atoms with Crippen molar-refractivity contribution in [2.75, 3.05) is 0 Å². The molecule has 1 nitrogen and oxygen atoms in total. The summed E-state index contributed by atoms with van der Waals surface area (Å²) in [6.07, 6.45) is -3.11. The van der Waals surface area contributed by atoms with Gasteiger partial charge in [-0.3, -0.25) is 0 Å². The van der Waals surface area contributed by atoms with Gasteiger partial charge >= 0.3 is 6.18 Å². The number of hydrogen-bond acceptors (Lipinski definition) is 1. The fraction of sp³-hybridized carbons (Fsp3) is 0.400. The van der Waals surface area contributed by atoms with Crippen molar-refractivity contribution in [3.05, 3.63) is 29.3 Å². The minimum Gasteiger partial charge on any atom is -0.507 e. The number of aromatic hydroxyl groups is 1. The maximum atomic E-state index is 12.3. The van der Waals surface area contributed by atoms with E-state index in [2.05, 4.69) is 0 Å². The van der Waals surface area contributed by atoms with Crippen molar-refractivity contribution in [3.8, 4) is 5.75 Å². The van der Waals surface area contributed by atoms with E-state index in [1.54, 1.807) is 0 Å². The third-order valence-electron chi connectivity index (χ3n) is 1.91. The van der Waals surface area contributed by atoms with E-state index in [1.165, 1.54) is 6.07 Å². The van der Waals surface area contributed by atoms with Crippen molar-refractivity contribution < 1.29 is 18.3 Å². The lowest BCUT2D eigenvalue weighted by Gasteiger charge is -2.10. The molecule has 0 heterocycles. The topological polar surface area (TPSA) is 20.2 Å². The Morgan fingerprint density at radius 3 is 2.43 bits per heavy atom. The molecule has 78 valence electrons. The third kappa shape index (κ3) is 2.40. The second-order valence-electron chi connectivity index (χ2n) is 3.10. The lowest BCUT2D eigenvalue weighted by molar-refractivity contribution is -0.138. The minimum atomic E-state index is -4.48. The van der Waals surface area contributed by atoms with E-state index in [0.717, 1.165) is 18.6 Å². The number of alkyl halides is 3. The molecule has 0 saturated carbocycles. The Hall–Kier alpha value is -1.19. The van der Waals surface area contributed by atoms with E-state index in [4.69, 9.17) is 5.11 Å². The Morgan fingerprint density at radius 2 is 1.93 bits per heavy atom. The second-order valence-corrected chi connectivity index (χ2v) is 3.10. The van der Waals surface area contributed by atoms with E-state index in [9.17, 15) is 13.2 Å². The molecule has 1 aromatic rings. The Morgan fingerprint density at radius 1 is 1.29 bits per heavy atom. The molecule has 0 spiro atoms. The molecule has 0 aliphatic heterocycles. The van der Waals surface area contributed by atoms with Gasteiger partial charge < -0.3 is 5.11 Å². The molecular weight excluding hydrogens is 193 g/mol. The summed E-state index contributed by atoms with van der Waals surface area (Å²) in [4.78, 5) is 0. The van der Waals surface area contributed by atoms with Gasteiger partial charge in [-0.2, -0.15) is 13.2 Å². The second kappa shape index (κ2) is 3.90. The Bertz CT molecular complexity index is 318. The summed E-state index contributed by atoms with van der Waals surface area (Å²) < 4.78 is 36.9. The molecule has 0 unspecified atom stereocenters. The zero-order valence-corrected chi connectivity index (χ0v) is 7.73. The highest BCUT2D eigenvalue weighted by Gasteiger charge is 2.33. The van der Waals surface area contributed by atoms with Gasteiger partial charge in [0.05, 0.1) is 5.56 Å². The van der Waals surface area contributed by atoms with Gasteiger partial charge in [-0.05, 0) is 24.1 Å². The largest absolute Gasteiger partial charge is 0.507 e. The average Bonchev–Trinajstić information content (AvgIpc) is 2.07. The fourth-order valence-electron chi connectivity index (χ4n) is 1.25. The zero-order valence-electron chi connectivity index (χ0n) is 7.73. The standard InChI is InChI=1S/C10H11F3O/c1-2-3-7-4-5-9(14)8(6-7)10(11,12)13/h4-6,14H,2-3H2,1H3. The maximum Gasteiger partial charge on any atom is 0.419 e. The van der Waals surface area contributed by atoms with Crippen LogP contribution in [-0.4, -0.2) is 5.11 Å². The molecule has 0 bridgehead atoms. The molecule has 14 heavy (non-hydrogen) atoms. The molecule has 0 aliphatic carbocycles. The monoisotopic (exact) mass is 204 g/mol. The van der Waals surface area contributed by atoms with Crippen LogP contribution in [0, 0.1) is 0 Å². The summed E-state index contributed by atoms with van der Waals surface area (Å²) in [5.41, 5.74) is -0.360. The van der Waals surface area contributed by atoms with Gasteiger partial charge in [0.2, 0.25) is 0 Å². The molecule has 1 rings (SSSR count). The van der Waals surface area contributed by atoms with E-state index >= 15 is 0 Å². The number of phenols is 1. The van der Waals surface area contributed by atoms with E-state index in [0.29, 0.717) is 12.0 Å². The first-order chi connectivity index (χ1) is 6.45. The van der Waals surface area contributed by atoms with Crippen LogP contribution in [0.4, 0.5) is 13.2 Å². The maximum absolute atomic E-state index is 12.3. The molecule has 0 aromatic heterocycles. The predicted molar refractivity (Wildman–Crippen MR) is 47.1 cm³/mol. The van der Waals surface area contributed by atoms with Crippen LogP contribution in [0.5, 0.6) is 5.75 Å². The van der Waals surface area contributed by atoms with Crippen LogP contribution in [0.15, 0.2) is 18.2 Å². The normalized spacial score (nSPS) is 11.7. The zero-order chi connectivity index (χ0) is 10.8. The quantitative estimate of drug-likeness (QED) is 0.783. The molecule has 0 radical (unpaired) electrons. The summed E-state index contributed by atoms with van der Waals surface area (Å²) in [5.74, 6) is -0.711. The molecule has 0 amide bonds. The lowest BCUT2D eigenvalue weighted by atomic mass is 10.1. The van der Waals surface area contributed by atoms with Crippen molar-refractivity contribution >= 4 is 0 Å². The van der Waals surface area contributed by atoms with Gasteiger partial charge in [-0.25, -0.2) is 0 Å². The molecular formula is C10H11F3O. The van der Waals surface area contributed by atoms with Gasteiger partial charge in [-0.15, -0.1) is 0 Å². The van der Waals surface area contributed by atoms with Crippen molar-refractivity contribution in [2.24, 2.45) is 0 Å². The number of benzene rings is 1. The van der Waals surface area contributed by atoms with E-state index in [-0.39, 0.29) is 0 Å². The first-order valence-corrected chi connectivity index (χ1v) is 4.34. The number of phenolic OH excluding ortho intramolecular Hbond substituents is 1. The fourth-order valence-corrected chi connectivity index (χ4v) is 1.25. The highest BCUT2D eigenvalue weighted by Crippen LogP contribution is 2.36. The van der Waals surface area contributed by atoms with Crippen LogP contribution in [0.2, 0.25) is 0 Å². The molecule has 0 fully saturated rings. The van der Waals surface area contributed by atoms with Gasteiger partial charge in [0.15, 0.2) is 0 Å². The van der Waals surface area contributed by atoms with Crippen molar-refractivity contribution in [3.63, 3.8) is 0 Å². The van der Waals surface area contributed by atoms with Gasteiger partial charge in [0.25, 0.3) is 0 Å². The van der Waals surface area contributed by atoms with Crippen LogP contribution >= 0.6 is 0 Å². The summed E-state index contributed by atoms with van der Waals surface area (Å²) in [5, 5.41) is 9.02. The molecule has 4 heteroatoms. The van der Waals surface area contributed by atoms with Gasteiger partial charge in [0, 0.05) is 0 Å². The minimum absolute atomic E-state index is 0.587. The Kier molecular flexibility index (Phi) is 3.03. The third-order valence-corrected chi connectivity index (χ3v) is 1.91. The molecule has 0 atom stereocenters. The van der Waals surface area contributed by atoms with Crippen LogP contribution in [0.1, 0.15) is 24.5 Å². The lowest BCUT2D eigenvalue weighted by Crippen LogP contribution is -2.05. The Balaban J connectivity index is 3.09. The van der Waals surface area contributed by atoms with Crippen molar-refractivity contribution in [2.45, 2.75) is 25.9 Å². The van der Waals surface area contributed by atoms with Crippen LogP contribution < -0.4 is 0 Å². The summed E-state index contributed by atoms with van der Waals surface area (Å²) >= 11 is 0. The number of halogens is 3. The first kappa shape index (κ1) is 10.9. The highest BCUT2D eigenvalue weighted by atomic mass is 19.4. The smallest absolute Gasteiger partial charge is 0.419 e.